The standard InChI is InChI=1S/C57H94O6/c1-4-7-10-13-16-19-22-25-28-29-30-33-35-38-41-44-47-50-56(59)62-53-54(63-57(60)51-48-45-42-39-36-32-27-24-21-18-15-12-9-6-3)52-61-55(58)49-46-43-40-37-34-31-26-23-20-17-14-11-8-5-2/h7,10,15-16,18-19,23-28,30,33,38,41,54H,4-6,8-9,11-14,17,20-22,29,31-32,34-37,39-40,42-53H2,1-3H3/b10-7+,18-15+,19-16+,26-23+,27-24+,28-25+,33-30+,41-38+/t54-/m1/s1. The lowest BCUT2D eigenvalue weighted by Gasteiger charge is -2.18. The van der Waals surface area contributed by atoms with Crippen molar-refractivity contribution < 1.29 is 28.6 Å². The van der Waals surface area contributed by atoms with Crippen molar-refractivity contribution in [2.24, 2.45) is 0 Å². The zero-order valence-corrected chi connectivity index (χ0v) is 40.8. The second-order valence-corrected chi connectivity index (χ2v) is 16.7. The molecule has 0 N–H and O–H groups in total. The van der Waals surface area contributed by atoms with E-state index in [1.54, 1.807) is 0 Å². The molecule has 6 heteroatoms. The molecule has 0 saturated carbocycles. The predicted octanol–water partition coefficient (Wildman–Crippen LogP) is 17.0. The second kappa shape index (κ2) is 51.0. The number of rotatable bonds is 45. The molecule has 0 amide bonds. The molecule has 0 heterocycles. The maximum atomic E-state index is 12.8. The zero-order chi connectivity index (χ0) is 45.8. The van der Waals surface area contributed by atoms with Gasteiger partial charge in [-0.25, -0.2) is 0 Å². The third kappa shape index (κ3) is 49.2. The highest BCUT2D eigenvalue weighted by Gasteiger charge is 2.19. The van der Waals surface area contributed by atoms with Crippen molar-refractivity contribution in [3.05, 3.63) is 97.2 Å². The van der Waals surface area contributed by atoms with Crippen LogP contribution in [0, 0.1) is 0 Å². The molecule has 0 bridgehead atoms. The summed E-state index contributed by atoms with van der Waals surface area (Å²) in [6.45, 7) is 6.39. The van der Waals surface area contributed by atoms with Crippen LogP contribution in [-0.4, -0.2) is 37.2 Å². The maximum absolute atomic E-state index is 12.8. The van der Waals surface area contributed by atoms with Crippen LogP contribution in [0.5, 0.6) is 0 Å². The summed E-state index contributed by atoms with van der Waals surface area (Å²) < 4.78 is 16.7. The Morgan fingerprint density at radius 1 is 0.333 bits per heavy atom. The molecule has 0 spiro atoms. The number of esters is 3. The zero-order valence-electron chi connectivity index (χ0n) is 40.8. The summed E-state index contributed by atoms with van der Waals surface area (Å²) in [5.41, 5.74) is 0. The van der Waals surface area contributed by atoms with Gasteiger partial charge < -0.3 is 14.2 Å². The van der Waals surface area contributed by atoms with Gasteiger partial charge in [0.2, 0.25) is 0 Å². The van der Waals surface area contributed by atoms with Gasteiger partial charge in [0.1, 0.15) is 13.2 Å². The van der Waals surface area contributed by atoms with Gasteiger partial charge in [-0.1, -0.05) is 195 Å². The molecule has 0 unspecified atom stereocenters. The van der Waals surface area contributed by atoms with E-state index in [0.717, 1.165) is 116 Å². The van der Waals surface area contributed by atoms with Gasteiger partial charge >= 0.3 is 17.9 Å². The Bertz CT molecular complexity index is 1280. The van der Waals surface area contributed by atoms with E-state index in [0.29, 0.717) is 19.3 Å². The lowest BCUT2D eigenvalue weighted by molar-refractivity contribution is -0.167. The first kappa shape index (κ1) is 59.3. The summed E-state index contributed by atoms with van der Waals surface area (Å²) in [6, 6.07) is 0. The fourth-order valence-corrected chi connectivity index (χ4v) is 6.66. The molecule has 0 aromatic carbocycles. The summed E-state index contributed by atoms with van der Waals surface area (Å²) in [4.78, 5) is 38.0. The van der Waals surface area contributed by atoms with Crippen molar-refractivity contribution in [1.29, 1.82) is 0 Å². The number of hydrogen-bond acceptors (Lipinski definition) is 6. The molecule has 0 saturated heterocycles. The van der Waals surface area contributed by atoms with E-state index in [1.165, 1.54) is 64.2 Å². The van der Waals surface area contributed by atoms with Crippen LogP contribution in [0.2, 0.25) is 0 Å². The van der Waals surface area contributed by atoms with Gasteiger partial charge in [-0.2, -0.15) is 0 Å². The molecule has 6 nitrogen and oxygen atoms in total. The summed E-state index contributed by atoms with van der Waals surface area (Å²) in [5, 5.41) is 0. The molecule has 0 aliphatic rings. The quantitative estimate of drug-likeness (QED) is 0.0262. The summed E-state index contributed by atoms with van der Waals surface area (Å²) in [7, 11) is 0. The van der Waals surface area contributed by atoms with Crippen molar-refractivity contribution in [3.63, 3.8) is 0 Å². The number of hydrogen-bond donors (Lipinski definition) is 0. The average molecular weight is 875 g/mol. The van der Waals surface area contributed by atoms with Gasteiger partial charge in [0.25, 0.3) is 0 Å². The fraction of sp³-hybridized carbons (Fsp3) is 0.667. The SMILES string of the molecule is CC/C=C/C/C=C/C/C=C/C/C=C/C/C=C/CCCC(=O)OC[C@@H](COC(=O)CCCCCCC/C=C/CCCCCCC)OC(=O)CCCCCCC/C=C/C/C=C/CCCC. The molecule has 0 aliphatic heterocycles. The first-order chi connectivity index (χ1) is 31.0. The Kier molecular flexibility index (Phi) is 48.0. The number of unbranched alkanes of at least 4 members (excludes halogenated alkanes) is 18. The van der Waals surface area contributed by atoms with Gasteiger partial charge in [0, 0.05) is 19.3 Å². The van der Waals surface area contributed by atoms with Crippen LogP contribution in [0.25, 0.3) is 0 Å². The Balaban J connectivity index is 4.52. The Labute approximate surface area is 387 Å². The van der Waals surface area contributed by atoms with E-state index in [4.69, 9.17) is 14.2 Å². The van der Waals surface area contributed by atoms with Crippen LogP contribution in [0.4, 0.5) is 0 Å². The van der Waals surface area contributed by atoms with Gasteiger partial charge in [0.05, 0.1) is 0 Å². The van der Waals surface area contributed by atoms with Crippen LogP contribution >= 0.6 is 0 Å². The Morgan fingerprint density at radius 2 is 0.651 bits per heavy atom. The fourth-order valence-electron chi connectivity index (χ4n) is 6.66. The topological polar surface area (TPSA) is 78.9 Å². The molecular formula is C57H94O6. The molecule has 0 fully saturated rings. The third-order valence-corrected chi connectivity index (χ3v) is 10.5. The number of carbonyl (C=O) groups excluding carboxylic acids is 3. The largest absolute Gasteiger partial charge is 0.462 e. The average Bonchev–Trinajstić information content (AvgIpc) is 3.28. The van der Waals surface area contributed by atoms with Crippen molar-refractivity contribution >= 4 is 17.9 Å². The van der Waals surface area contributed by atoms with Gasteiger partial charge in [-0.15, -0.1) is 0 Å². The third-order valence-electron chi connectivity index (χ3n) is 10.5. The lowest BCUT2D eigenvalue weighted by Crippen LogP contribution is -2.30. The molecule has 0 radical (unpaired) electrons. The Morgan fingerprint density at radius 3 is 1.10 bits per heavy atom. The summed E-state index contributed by atoms with van der Waals surface area (Å²) in [5.74, 6) is -0.993. The molecule has 0 aliphatic carbocycles. The molecule has 358 valence electrons. The lowest BCUT2D eigenvalue weighted by atomic mass is 10.1. The maximum Gasteiger partial charge on any atom is 0.306 e. The highest BCUT2D eigenvalue weighted by Crippen LogP contribution is 2.13. The van der Waals surface area contributed by atoms with Crippen molar-refractivity contribution in [2.45, 2.75) is 232 Å². The van der Waals surface area contributed by atoms with E-state index >= 15 is 0 Å². The highest BCUT2D eigenvalue weighted by atomic mass is 16.6. The minimum atomic E-state index is -0.811. The van der Waals surface area contributed by atoms with Gasteiger partial charge in [-0.3, -0.25) is 14.4 Å². The van der Waals surface area contributed by atoms with E-state index in [1.807, 2.05) is 0 Å². The normalized spacial score (nSPS) is 12.9. The smallest absolute Gasteiger partial charge is 0.306 e. The number of allylic oxidation sites excluding steroid dienone is 16. The minimum absolute atomic E-state index is 0.106. The second-order valence-electron chi connectivity index (χ2n) is 16.7. The number of carbonyl (C=O) groups is 3. The van der Waals surface area contributed by atoms with E-state index in [9.17, 15) is 14.4 Å². The van der Waals surface area contributed by atoms with E-state index in [-0.39, 0.29) is 37.5 Å². The van der Waals surface area contributed by atoms with Crippen LogP contribution in [0.15, 0.2) is 97.2 Å². The van der Waals surface area contributed by atoms with Gasteiger partial charge in [-0.05, 0) is 109 Å². The van der Waals surface area contributed by atoms with Crippen molar-refractivity contribution in [2.75, 3.05) is 13.2 Å². The highest BCUT2D eigenvalue weighted by molar-refractivity contribution is 5.71. The first-order valence-corrected chi connectivity index (χ1v) is 25.7. The van der Waals surface area contributed by atoms with Crippen LogP contribution < -0.4 is 0 Å². The molecule has 0 aromatic rings. The van der Waals surface area contributed by atoms with E-state index in [2.05, 4.69) is 118 Å². The van der Waals surface area contributed by atoms with Crippen LogP contribution in [0.3, 0.4) is 0 Å². The molecule has 63 heavy (non-hydrogen) atoms. The van der Waals surface area contributed by atoms with Crippen molar-refractivity contribution in [1.82, 2.24) is 0 Å². The van der Waals surface area contributed by atoms with Crippen LogP contribution in [0.1, 0.15) is 226 Å². The summed E-state index contributed by atoms with van der Waals surface area (Å²) in [6.07, 6.45) is 66.8. The molecule has 1 atom stereocenters. The predicted molar refractivity (Wildman–Crippen MR) is 270 cm³/mol. The number of ether oxygens (including phenoxy) is 3. The summed E-state index contributed by atoms with van der Waals surface area (Å²) >= 11 is 0. The molecule has 0 aromatic heterocycles. The van der Waals surface area contributed by atoms with Gasteiger partial charge in [0.15, 0.2) is 6.10 Å². The van der Waals surface area contributed by atoms with Crippen LogP contribution in [-0.2, 0) is 28.6 Å². The van der Waals surface area contributed by atoms with E-state index < -0.39 is 6.10 Å². The first-order valence-electron chi connectivity index (χ1n) is 25.7. The van der Waals surface area contributed by atoms with Crippen molar-refractivity contribution in [3.8, 4) is 0 Å². The minimum Gasteiger partial charge on any atom is -0.462 e. The molecule has 0 rings (SSSR count). The monoisotopic (exact) mass is 875 g/mol. The Hall–Kier alpha value is -3.67. The molecular weight excluding hydrogens is 781 g/mol.